The number of esters is 1. The van der Waals surface area contributed by atoms with Crippen LogP contribution in [0.3, 0.4) is 0 Å². The average Bonchev–Trinajstić information content (AvgIpc) is 2.61. The van der Waals surface area contributed by atoms with Gasteiger partial charge in [0.2, 0.25) is 5.91 Å². The Hall–Kier alpha value is -2.90. The van der Waals surface area contributed by atoms with E-state index in [4.69, 9.17) is 4.74 Å². The molecule has 0 aliphatic rings. The second kappa shape index (κ2) is 11.6. The van der Waals surface area contributed by atoms with E-state index in [1.54, 1.807) is 31.2 Å². The summed E-state index contributed by atoms with van der Waals surface area (Å²) in [5.74, 6) is -0.739. The number of carbonyl (C=O) groups is 2. The molecule has 0 radical (unpaired) electrons. The molecular formula is C18H24N2O6. The van der Waals surface area contributed by atoms with Gasteiger partial charge in [-0.25, -0.2) is 4.79 Å². The van der Waals surface area contributed by atoms with E-state index in [1.165, 1.54) is 0 Å². The third kappa shape index (κ3) is 8.81. The molecule has 0 bridgehead atoms. The van der Waals surface area contributed by atoms with Gasteiger partial charge < -0.3 is 14.9 Å². The Kier molecular flexibility index (Phi) is 9.45. The lowest BCUT2D eigenvalue weighted by Gasteiger charge is -2.13. The number of hydrogen-bond acceptors (Lipinski definition) is 6. The highest BCUT2D eigenvalue weighted by atomic mass is 16.9. The number of unbranched alkanes of at least 4 members (excludes halogenated alkanes) is 1. The normalized spacial score (nSPS) is 11.8. The number of carbonyl (C=O) groups excluding carboxylic acids is 2. The van der Waals surface area contributed by atoms with Crippen LogP contribution in [0.15, 0.2) is 36.4 Å². The maximum atomic E-state index is 12.0. The maximum absolute atomic E-state index is 12.0. The van der Waals surface area contributed by atoms with Crippen molar-refractivity contribution in [2.75, 3.05) is 0 Å². The highest BCUT2D eigenvalue weighted by Crippen LogP contribution is 2.09. The van der Waals surface area contributed by atoms with Gasteiger partial charge in [-0.3, -0.25) is 4.79 Å². The van der Waals surface area contributed by atoms with Crippen molar-refractivity contribution in [3.8, 4) is 0 Å². The van der Waals surface area contributed by atoms with E-state index >= 15 is 0 Å². The van der Waals surface area contributed by atoms with E-state index in [0.29, 0.717) is 17.5 Å². The average molecular weight is 364 g/mol. The van der Waals surface area contributed by atoms with Crippen LogP contribution in [0.2, 0.25) is 0 Å². The molecule has 1 atom stereocenters. The minimum absolute atomic E-state index is 0.00659. The topological polar surface area (TPSA) is 108 Å². The van der Waals surface area contributed by atoms with Gasteiger partial charge in [-0.1, -0.05) is 36.4 Å². The fourth-order valence-electron chi connectivity index (χ4n) is 2.14. The van der Waals surface area contributed by atoms with Gasteiger partial charge >= 0.3 is 5.97 Å². The Morgan fingerprint density at radius 2 is 2.00 bits per heavy atom. The van der Waals surface area contributed by atoms with Crippen molar-refractivity contribution in [3.63, 3.8) is 0 Å². The van der Waals surface area contributed by atoms with Gasteiger partial charge in [-0.05, 0) is 37.8 Å². The number of nitrogens with one attached hydrogen (secondary N) is 1. The first kappa shape index (κ1) is 21.1. The number of rotatable bonds is 11. The number of allylic oxidation sites excluding steroid dienone is 2. The standard InChI is InChI=1S/C18H24N2O6/c1-3-4-5-6-10-17(21)19-14(2)18(22)25-12-15-8-7-9-16(11-15)13-26-20(23)24/h3-4,7-9,11,14H,5-6,10,12-13H2,1-2H3,(H,19,21). The molecule has 1 aromatic rings. The van der Waals surface area contributed by atoms with E-state index in [0.717, 1.165) is 12.8 Å². The molecule has 0 heterocycles. The summed E-state index contributed by atoms with van der Waals surface area (Å²) in [5.41, 5.74) is 1.27. The molecule has 1 rings (SSSR count). The Morgan fingerprint density at radius 3 is 2.65 bits per heavy atom. The van der Waals surface area contributed by atoms with Crippen molar-refractivity contribution in [1.29, 1.82) is 0 Å². The largest absolute Gasteiger partial charge is 0.459 e. The summed E-state index contributed by atoms with van der Waals surface area (Å²) in [6.07, 6.45) is 5.79. The molecule has 0 fully saturated rings. The van der Waals surface area contributed by atoms with Gasteiger partial charge in [0.25, 0.3) is 5.09 Å². The minimum atomic E-state index is -0.865. The monoisotopic (exact) mass is 364 g/mol. The summed E-state index contributed by atoms with van der Waals surface area (Å²) in [7, 11) is 0. The zero-order valence-corrected chi connectivity index (χ0v) is 15.0. The fourth-order valence-corrected chi connectivity index (χ4v) is 2.14. The Labute approximate surface area is 152 Å². The zero-order chi connectivity index (χ0) is 19.4. The van der Waals surface area contributed by atoms with E-state index in [9.17, 15) is 19.7 Å². The molecule has 8 heteroatoms. The van der Waals surface area contributed by atoms with Crippen LogP contribution in [0, 0.1) is 10.1 Å². The lowest BCUT2D eigenvalue weighted by molar-refractivity contribution is -0.763. The first-order chi connectivity index (χ1) is 12.4. The second-order valence-electron chi connectivity index (χ2n) is 5.68. The molecule has 0 saturated carbocycles. The third-order valence-electron chi connectivity index (χ3n) is 3.45. The molecule has 0 aliphatic carbocycles. The second-order valence-corrected chi connectivity index (χ2v) is 5.68. The van der Waals surface area contributed by atoms with Crippen molar-refractivity contribution < 1.29 is 24.3 Å². The number of hydrogen-bond donors (Lipinski definition) is 1. The molecule has 1 aromatic carbocycles. The molecule has 8 nitrogen and oxygen atoms in total. The van der Waals surface area contributed by atoms with Crippen LogP contribution in [-0.4, -0.2) is 23.0 Å². The van der Waals surface area contributed by atoms with Crippen molar-refractivity contribution in [3.05, 3.63) is 57.7 Å². The molecule has 1 amide bonds. The number of ether oxygens (including phenoxy) is 1. The van der Waals surface area contributed by atoms with Crippen molar-refractivity contribution in [2.24, 2.45) is 0 Å². The fraction of sp³-hybridized carbons (Fsp3) is 0.444. The highest BCUT2D eigenvalue weighted by Gasteiger charge is 2.16. The summed E-state index contributed by atoms with van der Waals surface area (Å²) in [4.78, 5) is 38.2. The van der Waals surface area contributed by atoms with Crippen LogP contribution in [-0.2, 0) is 32.4 Å². The van der Waals surface area contributed by atoms with Gasteiger partial charge in [0.15, 0.2) is 0 Å². The SMILES string of the molecule is CC=CCCCC(=O)NC(C)C(=O)OCc1cccc(CO[N+](=O)[O-])c1. The molecule has 1 unspecified atom stereocenters. The smallest absolute Gasteiger partial charge is 0.328 e. The Bertz CT molecular complexity index is 644. The molecule has 0 aliphatic heterocycles. The third-order valence-corrected chi connectivity index (χ3v) is 3.45. The number of nitrogens with zero attached hydrogens (tertiary/aromatic N) is 1. The van der Waals surface area contributed by atoms with E-state index in [1.807, 2.05) is 19.1 Å². The van der Waals surface area contributed by atoms with Gasteiger partial charge in [0.05, 0.1) is 0 Å². The maximum Gasteiger partial charge on any atom is 0.328 e. The molecular weight excluding hydrogens is 340 g/mol. The summed E-state index contributed by atoms with van der Waals surface area (Å²) >= 11 is 0. The minimum Gasteiger partial charge on any atom is -0.459 e. The number of amides is 1. The Balaban J connectivity index is 2.39. The van der Waals surface area contributed by atoms with E-state index in [2.05, 4.69) is 10.2 Å². The molecule has 0 aromatic heterocycles. The molecule has 26 heavy (non-hydrogen) atoms. The lowest BCUT2D eigenvalue weighted by Crippen LogP contribution is -2.39. The van der Waals surface area contributed by atoms with Crippen LogP contribution in [0.4, 0.5) is 0 Å². The molecule has 0 spiro atoms. The quantitative estimate of drug-likeness (QED) is 0.213. The van der Waals surface area contributed by atoms with Crippen LogP contribution < -0.4 is 5.32 Å². The van der Waals surface area contributed by atoms with Crippen molar-refractivity contribution in [1.82, 2.24) is 5.32 Å². The zero-order valence-electron chi connectivity index (χ0n) is 15.0. The molecule has 1 N–H and O–H groups in total. The number of benzene rings is 1. The van der Waals surface area contributed by atoms with Gasteiger partial charge in [-0.2, -0.15) is 0 Å². The van der Waals surface area contributed by atoms with Gasteiger partial charge in [0.1, 0.15) is 19.3 Å². The summed E-state index contributed by atoms with van der Waals surface area (Å²) in [6.45, 7) is 3.32. The molecule has 142 valence electrons. The van der Waals surface area contributed by atoms with Gasteiger partial charge in [-0.15, -0.1) is 10.1 Å². The van der Waals surface area contributed by atoms with Gasteiger partial charge in [0, 0.05) is 6.42 Å². The van der Waals surface area contributed by atoms with Crippen LogP contribution in [0.5, 0.6) is 0 Å². The predicted molar refractivity (Wildman–Crippen MR) is 94.3 cm³/mol. The Morgan fingerprint density at radius 1 is 1.31 bits per heavy atom. The van der Waals surface area contributed by atoms with Crippen molar-refractivity contribution >= 4 is 11.9 Å². The summed E-state index contributed by atoms with van der Waals surface area (Å²) in [6, 6.07) is 6.00. The van der Waals surface area contributed by atoms with Crippen LogP contribution in [0.1, 0.15) is 44.2 Å². The first-order valence-electron chi connectivity index (χ1n) is 8.34. The summed E-state index contributed by atoms with van der Waals surface area (Å²) in [5, 5.41) is 11.9. The lowest BCUT2D eigenvalue weighted by atomic mass is 10.1. The molecule has 0 saturated heterocycles. The van der Waals surface area contributed by atoms with Crippen LogP contribution >= 0.6 is 0 Å². The summed E-state index contributed by atoms with van der Waals surface area (Å²) < 4.78 is 5.17. The first-order valence-corrected chi connectivity index (χ1v) is 8.34. The van der Waals surface area contributed by atoms with E-state index in [-0.39, 0.29) is 19.1 Å². The van der Waals surface area contributed by atoms with E-state index < -0.39 is 17.1 Å². The van der Waals surface area contributed by atoms with Crippen molar-refractivity contribution in [2.45, 2.75) is 52.4 Å². The highest BCUT2D eigenvalue weighted by molar-refractivity contribution is 5.84. The predicted octanol–water partition coefficient (Wildman–Crippen LogP) is 2.69. The van der Waals surface area contributed by atoms with Crippen LogP contribution in [0.25, 0.3) is 0 Å².